The number of hydrogen-bond donors (Lipinski definition) is 2. The zero-order chi connectivity index (χ0) is 15.6. The summed E-state index contributed by atoms with van der Waals surface area (Å²) in [7, 11) is 0. The first kappa shape index (κ1) is 15.4. The average molecular weight is 294 g/mol. The van der Waals surface area contributed by atoms with E-state index in [4.69, 9.17) is 4.74 Å². The number of amides is 1. The van der Waals surface area contributed by atoms with Crippen LogP contribution in [0.3, 0.4) is 0 Å². The molecule has 1 saturated heterocycles. The normalized spacial score (nSPS) is 24.8. The van der Waals surface area contributed by atoms with Crippen molar-refractivity contribution >= 4 is 11.6 Å². The molecule has 2 N–H and O–H groups in total. The lowest BCUT2D eigenvalue weighted by molar-refractivity contribution is -0.385. The van der Waals surface area contributed by atoms with Gasteiger partial charge in [-0.1, -0.05) is 0 Å². The Kier molecular flexibility index (Phi) is 4.24. The largest absolute Gasteiger partial charge is 0.385 e. The molecule has 0 bridgehead atoms. The second-order valence-corrected chi connectivity index (χ2v) is 5.31. The van der Waals surface area contributed by atoms with Crippen molar-refractivity contribution in [3.05, 3.63) is 39.4 Å². The second kappa shape index (κ2) is 5.79. The number of nitro benzene ring substituents is 1. The van der Waals surface area contributed by atoms with Crippen LogP contribution in [0.25, 0.3) is 0 Å². The Labute approximate surface area is 122 Å². The minimum atomic E-state index is -1.06. The van der Waals surface area contributed by atoms with Crippen molar-refractivity contribution in [3.63, 3.8) is 0 Å². The number of carbonyl (C=O) groups is 1. The third kappa shape index (κ3) is 3.20. The first-order chi connectivity index (χ1) is 9.83. The molecule has 1 aliphatic heterocycles. The van der Waals surface area contributed by atoms with Crippen LogP contribution < -0.4 is 5.32 Å². The van der Waals surface area contributed by atoms with E-state index in [1.54, 1.807) is 13.8 Å². The van der Waals surface area contributed by atoms with Gasteiger partial charge in [0.2, 0.25) is 0 Å². The van der Waals surface area contributed by atoms with Gasteiger partial charge in [0.1, 0.15) is 5.60 Å². The van der Waals surface area contributed by atoms with Crippen LogP contribution in [0.2, 0.25) is 0 Å². The maximum absolute atomic E-state index is 12.1. The van der Waals surface area contributed by atoms with Crippen molar-refractivity contribution < 1.29 is 19.6 Å². The highest BCUT2D eigenvalue weighted by atomic mass is 16.6. The van der Waals surface area contributed by atoms with Crippen LogP contribution >= 0.6 is 0 Å². The van der Waals surface area contributed by atoms with E-state index in [-0.39, 0.29) is 24.2 Å². The fourth-order valence-electron chi connectivity index (χ4n) is 2.34. The summed E-state index contributed by atoms with van der Waals surface area (Å²) in [5.74, 6) is -0.375. The van der Waals surface area contributed by atoms with E-state index >= 15 is 0 Å². The van der Waals surface area contributed by atoms with E-state index in [2.05, 4.69) is 5.32 Å². The quantitative estimate of drug-likeness (QED) is 0.641. The highest BCUT2D eigenvalue weighted by molar-refractivity contribution is 5.94. The second-order valence-electron chi connectivity index (χ2n) is 5.31. The Morgan fingerprint density at radius 3 is 2.86 bits per heavy atom. The summed E-state index contributed by atoms with van der Waals surface area (Å²) in [5.41, 5.74) is -0.342. The maximum Gasteiger partial charge on any atom is 0.272 e. The van der Waals surface area contributed by atoms with Gasteiger partial charge in [-0.15, -0.1) is 0 Å². The molecule has 0 saturated carbocycles. The Morgan fingerprint density at radius 1 is 1.62 bits per heavy atom. The molecule has 1 amide bonds. The highest BCUT2D eigenvalue weighted by Crippen LogP contribution is 2.25. The zero-order valence-corrected chi connectivity index (χ0v) is 12.0. The fourth-order valence-corrected chi connectivity index (χ4v) is 2.34. The minimum absolute atomic E-state index is 0.0250. The molecule has 1 aromatic carbocycles. The molecule has 0 aromatic heterocycles. The third-order valence-electron chi connectivity index (χ3n) is 3.87. The number of benzene rings is 1. The van der Waals surface area contributed by atoms with Gasteiger partial charge in [0.25, 0.3) is 11.6 Å². The predicted molar refractivity (Wildman–Crippen MR) is 75.1 cm³/mol. The fraction of sp³-hybridized carbons (Fsp3) is 0.500. The molecule has 2 unspecified atom stereocenters. The molecule has 21 heavy (non-hydrogen) atoms. The number of aryl methyl sites for hydroxylation is 1. The van der Waals surface area contributed by atoms with E-state index in [1.807, 2.05) is 0 Å². The van der Waals surface area contributed by atoms with Gasteiger partial charge in [-0.2, -0.15) is 0 Å². The van der Waals surface area contributed by atoms with Gasteiger partial charge in [-0.25, -0.2) is 0 Å². The molecule has 1 aromatic rings. The van der Waals surface area contributed by atoms with Crippen LogP contribution in [0.1, 0.15) is 29.3 Å². The Balaban J connectivity index is 2.04. The molecule has 7 nitrogen and oxygen atoms in total. The number of nitrogens with zero attached hydrogens (tertiary/aromatic N) is 1. The number of rotatable bonds is 4. The van der Waals surface area contributed by atoms with Gasteiger partial charge >= 0.3 is 0 Å². The maximum atomic E-state index is 12.1. The van der Waals surface area contributed by atoms with Crippen molar-refractivity contribution in [1.29, 1.82) is 0 Å². The molecule has 1 fully saturated rings. The van der Waals surface area contributed by atoms with Crippen molar-refractivity contribution in [2.45, 2.75) is 32.0 Å². The van der Waals surface area contributed by atoms with Crippen molar-refractivity contribution in [2.24, 2.45) is 0 Å². The predicted octanol–water partition coefficient (Wildman–Crippen LogP) is 1.17. The first-order valence-corrected chi connectivity index (χ1v) is 6.71. The molecule has 0 aliphatic carbocycles. The Bertz CT molecular complexity index is 574. The Hall–Kier alpha value is -1.99. The van der Waals surface area contributed by atoms with Crippen LogP contribution in [0.15, 0.2) is 18.2 Å². The molecule has 1 aliphatic rings. The topological polar surface area (TPSA) is 102 Å². The number of hydrogen-bond acceptors (Lipinski definition) is 5. The van der Waals surface area contributed by atoms with Gasteiger partial charge in [-0.3, -0.25) is 14.9 Å². The lowest BCUT2D eigenvalue weighted by atomic mass is 9.96. The summed E-state index contributed by atoms with van der Waals surface area (Å²) >= 11 is 0. The number of aliphatic hydroxyl groups is 1. The van der Waals surface area contributed by atoms with Gasteiger partial charge in [0.05, 0.1) is 11.0 Å². The van der Waals surface area contributed by atoms with Crippen LogP contribution in [0.5, 0.6) is 0 Å². The van der Waals surface area contributed by atoms with Crippen LogP contribution in [-0.4, -0.2) is 40.8 Å². The van der Waals surface area contributed by atoms with E-state index in [0.29, 0.717) is 24.2 Å². The number of nitrogens with one attached hydrogen (secondary N) is 1. The van der Waals surface area contributed by atoms with E-state index in [0.717, 1.165) is 0 Å². The van der Waals surface area contributed by atoms with E-state index < -0.39 is 10.5 Å². The SMILES string of the molecule is Cc1cc(C(=O)NCC2(O)CCOC2C)ccc1[N+](=O)[O-]. The van der Waals surface area contributed by atoms with Crippen molar-refractivity contribution in [3.8, 4) is 0 Å². The standard InChI is InChI=1S/C14H18N2O5/c1-9-7-11(3-4-12(9)16(19)20)13(17)15-8-14(18)5-6-21-10(14)2/h3-4,7,10,18H,5-6,8H2,1-2H3,(H,15,17). The summed E-state index contributed by atoms with van der Waals surface area (Å²) in [6.45, 7) is 3.89. The lowest BCUT2D eigenvalue weighted by Crippen LogP contribution is -2.47. The van der Waals surface area contributed by atoms with Gasteiger partial charge < -0.3 is 15.2 Å². The average Bonchev–Trinajstić information content (AvgIpc) is 2.76. The molecule has 0 radical (unpaired) electrons. The third-order valence-corrected chi connectivity index (χ3v) is 3.87. The summed E-state index contributed by atoms with van der Waals surface area (Å²) in [5, 5.41) is 23.7. The van der Waals surface area contributed by atoms with Gasteiger partial charge in [0, 0.05) is 36.8 Å². The highest BCUT2D eigenvalue weighted by Gasteiger charge is 2.39. The molecular weight excluding hydrogens is 276 g/mol. The molecule has 2 rings (SSSR count). The minimum Gasteiger partial charge on any atom is -0.385 e. The number of carbonyl (C=O) groups excluding carboxylic acids is 1. The summed E-state index contributed by atoms with van der Waals surface area (Å²) in [4.78, 5) is 22.3. The van der Waals surface area contributed by atoms with Crippen LogP contribution in [0, 0.1) is 17.0 Å². The van der Waals surface area contributed by atoms with Crippen molar-refractivity contribution in [2.75, 3.05) is 13.2 Å². The first-order valence-electron chi connectivity index (χ1n) is 6.71. The molecule has 2 atom stereocenters. The number of nitro groups is 1. The molecule has 0 spiro atoms. The smallest absolute Gasteiger partial charge is 0.272 e. The number of ether oxygens (including phenoxy) is 1. The van der Waals surface area contributed by atoms with E-state index in [1.165, 1.54) is 18.2 Å². The Morgan fingerprint density at radius 2 is 2.33 bits per heavy atom. The van der Waals surface area contributed by atoms with Crippen molar-refractivity contribution in [1.82, 2.24) is 5.32 Å². The molecule has 7 heteroatoms. The monoisotopic (exact) mass is 294 g/mol. The summed E-state index contributed by atoms with van der Waals surface area (Å²) in [6.07, 6.45) is 0.129. The van der Waals surface area contributed by atoms with E-state index in [9.17, 15) is 20.0 Å². The van der Waals surface area contributed by atoms with Gasteiger partial charge in [-0.05, 0) is 26.0 Å². The molecular formula is C14H18N2O5. The molecule has 114 valence electrons. The summed E-state index contributed by atoms with van der Waals surface area (Å²) < 4.78 is 5.29. The van der Waals surface area contributed by atoms with Crippen LogP contribution in [-0.2, 0) is 4.74 Å². The molecule has 1 heterocycles. The zero-order valence-electron chi connectivity index (χ0n) is 12.0. The van der Waals surface area contributed by atoms with Gasteiger partial charge in [0.15, 0.2) is 0 Å². The lowest BCUT2D eigenvalue weighted by Gasteiger charge is -2.26. The summed E-state index contributed by atoms with van der Waals surface area (Å²) in [6, 6.07) is 4.17. The van der Waals surface area contributed by atoms with Crippen LogP contribution in [0.4, 0.5) is 5.69 Å².